The van der Waals surface area contributed by atoms with Gasteiger partial charge in [0, 0.05) is 12.2 Å². The van der Waals surface area contributed by atoms with Gasteiger partial charge in [-0.05, 0) is 12.1 Å². The number of carbonyl (C=O) groups is 2. The highest BCUT2D eigenvalue weighted by Gasteiger charge is 2.01. The molecular formula is C10H9ClN2O2. The number of anilines is 1. The van der Waals surface area contributed by atoms with Crippen LogP contribution >= 0.6 is 11.6 Å². The van der Waals surface area contributed by atoms with Crippen molar-refractivity contribution in [2.45, 2.75) is 0 Å². The molecule has 0 aromatic heterocycles. The van der Waals surface area contributed by atoms with Gasteiger partial charge in [0.1, 0.15) is 0 Å². The maximum Gasteiger partial charge on any atom is 0.248 e. The summed E-state index contributed by atoms with van der Waals surface area (Å²) in [4.78, 5) is 21.6. The molecule has 1 aromatic rings. The summed E-state index contributed by atoms with van der Waals surface area (Å²) in [5.41, 5.74) is 5.32. The minimum atomic E-state index is -0.677. The zero-order valence-corrected chi connectivity index (χ0v) is 8.49. The van der Waals surface area contributed by atoms with Crippen LogP contribution in [0.4, 0.5) is 5.69 Å². The SMILES string of the molecule is NC(=O)/C=C\C(=O)Nc1ccccc1Cl. The average Bonchev–Trinajstić information content (AvgIpc) is 2.18. The minimum Gasteiger partial charge on any atom is -0.366 e. The van der Waals surface area contributed by atoms with Gasteiger partial charge in [-0.2, -0.15) is 0 Å². The van der Waals surface area contributed by atoms with E-state index in [0.717, 1.165) is 12.2 Å². The lowest BCUT2D eigenvalue weighted by Crippen LogP contribution is -2.11. The second kappa shape index (κ2) is 5.17. The van der Waals surface area contributed by atoms with Crippen molar-refractivity contribution in [3.63, 3.8) is 0 Å². The summed E-state index contributed by atoms with van der Waals surface area (Å²) in [5, 5.41) is 2.93. The van der Waals surface area contributed by atoms with Crippen LogP contribution < -0.4 is 11.1 Å². The van der Waals surface area contributed by atoms with Crippen LogP contribution in [0, 0.1) is 0 Å². The maximum atomic E-state index is 11.2. The van der Waals surface area contributed by atoms with Gasteiger partial charge < -0.3 is 11.1 Å². The zero-order valence-electron chi connectivity index (χ0n) is 7.74. The summed E-state index contributed by atoms with van der Waals surface area (Å²) in [5.74, 6) is -1.13. The molecule has 2 amide bonds. The van der Waals surface area contributed by atoms with Crippen LogP contribution in [-0.4, -0.2) is 11.8 Å². The Hall–Kier alpha value is -1.81. The molecule has 5 heteroatoms. The number of hydrogen-bond acceptors (Lipinski definition) is 2. The van der Waals surface area contributed by atoms with Crippen LogP contribution in [0.5, 0.6) is 0 Å². The van der Waals surface area contributed by atoms with Crippen molar-refractivity contribution in [3.8, 4) is 0 Å². The predicted molar refractivity (Wildman–Crippen MR) is 58.4 cm³/mol. The van der Waals surface area contributed by atoms with Gasteiger partial charge in [-0.3, -0.25) is 9.59 Å². The fraction of sp³-hybridized carbons (Fsp3) is 0. The lowest BCUT2D eigenvalue weighted by atomic mass is 10.3. The van der Waals surface area contributed by atoms with Crippen LogP contribution in [-0.2, 0) is 9.59 Å². The second-order valence-electron chi connectivity index (χ2n) is 2.70. The third kappa shape index (κ3) is 3.83. The highest BCUT2D eigenvalue weighted by Crippen LogP contribution is 2.20. The Bertz CT molecular complexity index is 416. The van der Waals surface area contributed by atoms with E-state index < -0.39 is 11.8 Å². The largest absolute Gasteiger partial charge is 0.366 e. The van der Waals surface area contributed by atoms with Crippen molar-refractivity contribution >= 4 is 29.1 Å². The first-order valence-corrected chi connectivity index (χ1v) is 4.50. The van der Waals surface area contributed by atoms with E-state index in [1.54, 1.807) is 24.3 Å². The van der Waals surface area contributed by atoms with E-state index in [0.29, 0.717) is 10.7 Å². The smallest absolute Gasteiger partial charge is 0.248 e. The van der Waals surface area contributed by atoms with Crippen LogP contribution in [0.2, 0.25) is 5.02 Å². The first-order chi connectivity index (χ1) is 7.09. The molecule has 1 rings (SSSR count). The van der Waals surface area contributed by atoms with E-state index in [4.69, 9.17) is 17.3 Å². The molecule has 0 saturated carbocycles. The number of nitrogens with two attached hydrogens (primary N) is 1. The Morgan fingerprint density at radius 1 is 1.27 bits per heavy atom. The molecule has 0 bridgehead atoms. The molecule has 0 unspecified atom stereocenters. The van der Waals surface area contributed by atoms with Crippen molar-refractivity contribution in [1.29, 1.82) is 0 Å². The first-order valence-electron chi connectivity index (χ1n) is 4.12. The molecule has 0 radical (unpaired) electrons. The van der Waals surface area contributed by atoms with Crippen LogP contribution in [0.15, 0.2) is 36.4 Å². The third-order valence-corrected chi connectivity index (χ3v) is 1.86. The molecule has 1 aromatic carbocycles. The highest BCUT2D eigenvalue weighted by atomic mass is 35.5. The fourth-order valence-electron chi connectivity index (χ4n) is 0.895. The van der Waals surface area contributed by atoms with Crippen LogP contribution in [0.25, 0.3) is 0 Å². The number of primary amides is 1. The number of carbonyl (C=O) groups excluding carboxylic acids is 2. The van der Waals surface area contributed by atoms with Crippen molar-refractivity contribution in [2.24, 2.45) is 5.73 Å². The van der Waals surface area contributed by atoms with Crippen molar-refractivity contribution in [2.75, 3.05) is 5.32 Å². The van der Waals surface area contributed by atoms with E-state index in [9.17, 15) is 9.59 Å². The minimum absolute atomic E-state index is 0.429. The van der Waals surface area contributed by atoms with Gasteiger partial charge in [0.05, 0.1) is 10.7 Å². The molecule has 15 heavy (non-hydrogen) atoms. The third-order valence-electron chi connectivity index (χ3n) is 1.53. The topological polar surface area (TPSA) is 72.2 Å². The van der Waals surface area contributed by atoms with E-state index >= 15 is 0 Å². The number of amides is 2. The summed E-state index contributed by atoms with van der Waals surface area (Å²) in [6.45, 7) is 0. The van der Waals surface area contributed by atoms with Crippen LogP contribution in [0.3, 0.4) is 0 Å². The van der Waals surface area contributed by atoms with E-state index in [1.165, 1.54) is 0 Å². The molecule has 0 fully saturated rings. The number of rotatable bonds is 3. The molecule has 0 aliphatic heterocycles. The van der Waals surface area contributed by atoms with Crippen molar-refractivity contribution < 1.29 is 9.59 Å². The van der Waals surface area contributed by atoms with Gasteiger partial charge in [0.2, 0.25) is 11.8 Å². The summed E-state index contributed by atoms with van der Waals surface area (Å²) >= 11 is 5.80. The molecule has 0 aliphatic rings. The van der Waals surface area contributed by atoms with E-state index in [-0.39, 0.29) is 0 Å². The molecule has 0 aliphatic carbocycles. The van der Waals surface area contributed by atoms with E-state index in [2.05, 4.69) is 5.32 Å². The molecule has 0 atom stereocenters. The fourth-order valence-corrected chi connectivity index (χ4v) is 1.08. The Morgan fingerprint density at radius 3 is 2.53 bits per heavy atom. The Labute approximate surface area is 91.7 Å². The number of halogens is 1. The molecule has 3 N–H and O–H groups in total. The van der Waals surface area contributed by atoms with Gasteiger partial charge in [-0.25, -0.2) is 0 Å². The quantitative estimate of drug-likeness (QED) is 0.760. The highest BCUT2D eigenvalue weighted by molar-refractivity contribution is 6.33. The van der Waals surface area contributed by atoms with Crippen molar-refractivity contribution in [1.82, 2.24) is 0 Å². The maximum absolute atomic E-state index is 11.2. The number of benzene rings is 1. The van der Waals surface area contributed by atoms with Gasteiger partial charge in [0.15, 0.2) is 0 Å². The molecule has 4 nitrogen and oxygen atoms in total. The number of nitrogens with one attached hydrogen (secondary N) is 1. The van der Waals surface area contributed by atoms with Gasteiger partial charge in [-0.15, -0.1) is 0 Å². The average molecular weight is 225 g/mol. The van der Waals surface area contributed by atoms with Gasteiger partial charge in [-0.1, -0.05) is 23.7 Å². The Morgan fingerprint density at radius 2 is 1.93 bits per heavy atom. The number of hydrogen-bond donors (Lipinski definition) is 2. The monoisotopic (exact) mass is 224 g/mol. The molecule has 0 saturated heterocycles. The lowest BCUT2D eigenvalue weighted by molar-refractivity contribution is -0.115. The predicted octanol–water partition coefficient (Wildman–Crippen LogP) is 1.32. The summed E-state index contributed by atoms with van der Waals surface area (Å²) < 4.78 is 0. The zero-order chi connectivity index (χ0) is 11.3. The first kappa shape index (κ1) is 11.3. The van der Waals surface area contributed by atoms with Gasteiger partial charge in [0.25, 0.3) is 0 Å². The van der Waals surface area contributed by atoms with Crippen LogP contribution in [0.1, 0.15) is 0 Å². The standard InChI is InChI=1S/C10H9ClN2O2/c11-7-3-1-2-4-8(7)13-10(15)6-5-9(12)14/h1-6H,(H2,12,14)(H,13,15)/b6-5-. The van der Waals surface area contributed by atoms with Crippen molar-refractivity contribution in [3.05, 3.63) is 41.4 Å². The Balaban J connectivity index is 2.67. The van der Waals surface area contributed by atoms with Gasteiger partial charge >= 0.3 is 0 Å². The molecule has 78 valence electrons. The molecular weight excluding hydrogens is 216 g/mol. The lowest BCUT2D eigenvalue weighted by Gasteiger charge is -2.03. The van der Waals surface area contributed by atoms with E-state index in [1.807, 2.05) is 0 Å². The Kier molecular flexibility index (Phi) is 3.88. The summed E-state index contributed by atoms with van der Waals surface area (Å²) in [7, 11) is 0. The normalized spacial score (nSPS) is 10.2. The number of para-hydroxylation sites is 1. The molecule has 0 heterocycles. The molecule has 0 spiro atoms. The summed E-state index contributed by atoms with van der Waals surface area (Å²) in [6, 6.07) is 6.78. The second-order valence-corrected chi connectivity index (χ2v) is 3.11. The summed E-state index contributed by atoms with van der Waals surface area (Å²) in [6.07, 6.45) is 2.03.